The van der Waals surface area contributed by atoms with Gasteiger partial charge in [0.25, 0.3) is 5.69 Å². The van der Waals surface area contributed by atoms with Gasteiger partial charge in [0.05, 0.1) is 4.92 Å². The lowest BCUT2D eigenvalue weighted by Gasteiger charge is -2.24. The van der Waals surface area contributed by atoms with E-state index >= 15 is 0 Å². The number of nitrogens with two attached hydrogens (primary N) is 1. The molecule has 0 saturated carbocycles. The molecule has 0 spiro atoms. The molecular formula is C12H15F2N3O2. The number of nitrogens with zero attached hydrogens (tertiary/aromatic N) is 2. The van der Waals surface area contributed by atoms with Crippen LogP contribution in [-0.2, 0) is 0 Å². The Balaban J connectivity index is 2.49. The number of halogens is 2. The lowest BCUT2D eigenvalue weighted by Crippen LogP contribution is -2.29. The predicted octanol–water partition coefficient (Wildman–Crippen LogP) is 2.05. The van der Waals surface area contributed by atoms with Crippen molar-refractivity contribution in [3.8, 4) is 0 Å². The fraction of sp³-hybridized carbons (Fsp3) is 0.500. The fourth-order valence-corrected chi connectivity index (χ4v) is 2.58. The summed E-state index contributed by atoms with van der Waals surface area (Å²) in [5, 5.41) is 11.0. The van der Waals surface area contributed by atoms with Gasteiger partial charge in [-0.25, -0.2) is 8.78 Å². The molecule has 1 aromatic rings. The van der Waals surface area contributed by atoms with Crippen molar-refractivity contribution in [2.75, 3.05) is 18.0 Å². The first-order chi connectivity index (χ1) is 8.95. The van der Waals surface area contributed by atoms with Crippen LogP contribution in [0.15, 0.2) is 12.1 Å². The SMILES string of the molecule is CC1CC(CN)CN1c1c([N+](=O)[O-])ccc(F)c1F. The van der Waals surface area contributed by atoms with Gasteiger partial charge in [0.15, 0.2) is 17.3 Å². The summed E-state index contributed by atoms with van der Waals surface area (Å²) in [7, 11) is 0. The maximum absolute atomic E-state index is 13.9. The first kappa shape index (κ1) is 13.7. The van der Waals surface area contributed by atoms with E-state index in [9.17, 15) is 18.9 Å². The number of rotatable bonds is 3. The summed E-state index contributed by atoms with van der Waals surface area (Å²) in [6.07, 6.45) is 0.712. The van der Waals surface area contributed by atoms with Gasteiger partial charge in [0.2, 0.25) is 0 Å². The van der Waals surface area contributed by atoms with Crippen LogP contribution in [0.25, 0.3) is 0 Å². The summed E-state index contributed by atoms with van der Waals surface area (Å²) in [5.74, 6) is -2.11. The van der Waals surface area contributed by atoms with E-state index in [0.29, 0.717) is 19.5 Å². The Bertz CT molecular complexity index is 510. The van der Waals surface area contributed by atoms with Gasteiger partial charge in [-0.1, -0.05) is 0 Å². The van der Waals surface area contributed by atoms with Gasteiger partial charge in [-0.2, -0.15) is 0 Å². The monoisotopic (exact) mass is 271 g/mol. The summed E-state index contributed by atoms with van der Waals surface area (Å²) in [6.45, 7) is 2.65. The highest BCUT2D eigenvalue weighted by molar-refractivity contribution is 5.65. The van der Waals surface area contributed by atoms with Crippen molar-refractivity contribution in [1.82, 2.24) is 0 Å². The Kier molecular flexibility index (Phi) is 3.66. The third kappa shape index (κ3) is 2.37. The quantitative estimate of drug-likeness (QED) is 0.674. The molecule has 7 heteroatoms. The number of benzene rings is 1. The van der Waals surface area contributed by atoms with Gasteiger partial charge in [-0.15, -0.1) is 0 Å². The van der Waals surface area contributed by atoms with Crippen molar-refractivity contribution in [3.05, 3.63) is 33.9 Å². The normalized spacial score (nSPS) is 22.8. The zero-order valence-corrected chi connectivity index (χ0v) is 10.5. The van der Waals surface area contributed by atoms with Crippen molar-refractivity contribution >= 4 is 11.4 Å². The number of nitro benzene ring substituents is 1. The Hall–Kier alpha value is -1.76. The molecule has 1 aromatic carbocycles. The molecule has 0 bridgehead atoms. The molecule has 2 rings (SSSR count). The van der Waals surface area contributed by atoms with E-state index in [2.05, 4.69) is 0 Å². The summed E-state index contributed by atoms with van der Waals surface area (Å²) >= 11 is 0. The molecule has 0 radical (unpaired) electrons. The molecule has 1 saturated heterocycles. The van der Waals surface area contributed by atoms with E-state index in [4.69, 9.17) is 5.73 Å². The van der Waals surface area contributed by atoms with Crippen LogP contribution < -0.4 is 10.6 Å². The van der Waals surface area contributed by atoms with Gasteiger partial charge in [-0.3, -0.25) is 10.1 Å². The van der Waals surface area contributed by atoms with Crippen LogP contribution in [0, 0.1) is 27.7 Å². The van der Waals surface area contributed by atoms with Gasteiger partial charge in [0.1, 0.15) is 0 Å². The Morgan fingerprint density at radius 3 is 2.74 bits per heavy atom. The van der Waals surface area contributed by atoms with Gasteiger partial charge in [0, 0.05) is 18.7 Å². The van der Waals surface area contributed by atoms with Crippen LogP contribution in [-0.4, -0.2) is 24.1 Å². The standard InChI is InChI=1S/C12H15F2N3O2/c1-7-4-8(5-15)6-16(7)12-10(17(18)19)3-2-9(13)11(12)14/h2-3,7-8H,4-6,15H2,1H3. The summed E-state index contributed by atoms with van der Waals surface area (Å²) in [6, 6.07) is 1.66. The van der Waals surface area contributed by atoms with E-state index in [1.54, 1.807) is 0 Å². The summed E-state index contributed by atoms with van der Waals surface area (Å²) in [5.41, 5.74) is 4.89. The number of nitro groups is 1. The average molecular weight is 271 g/mol. The highest BCUT2D eigenvalue weighted by atomic mass is 19.2. The first-order valence-corrected chi connectivity index (χ1v) is 6.04. The minimum atomic E-state index is -1.17. The topological polar surface area (TPSA) is 72.4 Å². The maximum atomic E-state index is 13.9. The highest BCUT2D eigenvalue weighted by Crippen LogP contribution is 2.38. The van der Waals surface area contributed by atoms with E-state index in [0.717, 1.165) is 12.1 Å². The van der Waals surface area contributed by atoms with Crippen molar-refractivity contribution < 1.29 is 13.7 Å². The summed E-state index contributed by atoms with van der Waals surface area (Å²) < 4.78 is 27.3. The molecule has 0 aromatic heterocycles. The number of anilines is 1. The molecule has 2 N–H and O–H groups in total. The zero-order chi connectivity index (χ0) is 14.2. The lowest BCUT2D eigenvalue weighted by atomic mass is 10.1. The molecule has 0 amide bonds. The zero-order valence-electron chi connectivity index (χ0n) is 10.5. The first-order valence-electron chi connectivity index (χ1n) is 6.04. The average Bonchev–Trinajstić information content (AvgIpc) is 2.73. The molecule has 5 nitrogen and oxygen atoms in total. The second-order valence-electron chi connectivity index (χ2n) is 4.83. The molecular weight excluding hydrogens is 256 g/mol. The molecule has 0 aliphatic carbocycles. The Labute approximate surface area is 109 Å². The molecule has 1 aliphatic heterocycles. The van der Waals surface area contributed by atoms with Crippen LogP contribution in [0.2, 0.25) is 0 Å². The Morgan fingerprint density at radius 2 is 2.21 bits per heavy atom. The second-order valence-corrected chi connectivity index (χ2v) is 4.83. The highest BCUT2D eigenvalue weighted by Gasteiger charge is 2.35. The van der Waals surface area contributed by atoms with Gasteiger partial charge in [-0.05, 0) is 31.9 Å². The van der Waals surface area contributed by atoms with E-state index in [1.165, 1.54) is 4.90 Å². The minimum absolute atomic E-state index is 0.108. The van der Waals surface area contributed by atoms with E-state index in [1.807, 2.05) is 6.92 Å². The molecule has 2 atom stereocenters. The summed E-state index contributed by atoms with van der Waals surface area (Å²) in [4.78, 5) is 11.8. The number of hydrogen-bond donors (Lipinski definition) is 1. The molecule has 2 unspecified atom stereocenters. The van der Waals surface area contributed by atoms with Crippen LogP contribution in [0.3, 0.4) is 0 Å². The fourth-order valence-electron chi connectivity index (χ4n) is 2.58. The minimum Gasteiger partial charge on any atom is -0.360 e. The maximum Gasteiger partial charge on any atom is 0.295 e. The van der Waals surface area contributed by atoms with Crippen LogP contribution in [0.4, 0.5) is 20.2 Å². The molecule has 1 fully saturated rings. The van der Waals surface area contributed by atoms with E-state index in [-0.39, 0.29) is 17.6 Å². The largest absolute Gasteiger partial charge is 0.360 e. The van der Waals surface area contributed by atoms with Gasteiger partial charge < -0.3 is 10.6 Å². The van der Waals surface area contributed by atoms with Crippen LogP contribution in [0.5, 0.6) is 0 Å². The lowest BCUT2D eigenvalue weighted by molar-refractivity contribution is -0.384. The number of hydrogen-bond acceptors (Lipinski definition) is 4. The predicted molar refractivity (Wildman–Crippen MR) is 67.0 cm³/mol. The third-order valence-electron chi connectivity index (χ3n) is 3.53. The van der Waals surface area contributed by atoms with Gasteiger partial charge >= 0.3 is 0 Å². The molecule has 19 heavy (non-hydrogen) atoms. The molecule has 1 heterocycles. The van der Waals surface area contributed by atoms with Crippen molar-refractivity contribution in [1.29, 1.82) is 0 Å². The smallest absolute Gasteiger partial charge is 0.295 e. The van der Waals surface area contributed by atoms with Crippen molar-refractivity contribution in [2.45, 2.75) is 19.4 Å². The third-order valence-corrected chi connectivity index (χ3v) is 3.53. The van der Waals surface area contributed by atoms with Crippen LogP contribution in [0.1, 0.15) is 13.3 Å². The van der Waals surface area contributed by atoms with Crippen molar-refractivity contribution in [3.63, 3.8) is 0 Å². The molecule has 1 aliphatic rings. The van der Waals surface area contributed by atoms with Crippen molar-refractivity contribution in [2.24, 2.45) is 11.7 Å². The molecule has 104 valence electrons. The van der Waals surface area contributed by atoms with E-state index < -0.39 is 22.2 Å². The second kappa shape index (κ2) is 5.08. The Morgan fingerprint density at radius 1 is 1.53 bits per heavy atom. The van der Waals surface area contributed by atoms with Crippen LogP contribution >= 0.6 is 0 Å².